The van der Waals surface area contributed by atoms with E-state index in [9.17, 15) is 4.39 Å². The molecule has 0 aliphatic heterocycles. The SMILES string of the molecule is Cc1ccc(F)c(CNc2cccc3cnccc23)c1. The number of pyridine rings is 1. The second kappa shape index (κ2) is 5.29. The van der Waals surface area contributed by atoms with E-state index in [1.807, 2.05) is 43.5 Å². The third-order valence-electron chi connectivity index (χ3n) is 3.35. The minimum atomic E-state index is -0.176. The largest absolute Gasteiger partial charge is 0.380 e. The third-order valence-corrected chi connectivity index (χ3v) is 3.35. The van der Waals surface area contributed by atoms with Gasteiger partial charge in [-0.25, -0.2) is 4.39 Å². The average molecular weight is 266 g/mol. The normalized spacial score (nSPS) is 10.7. The third kappa shape index (κ3) is 2.48. The van der Waals surface area contributed by atoms with E-state index in [2.05, 4.69) is 10.3 Å². The number of benzene rings is 2. The van der Waals surface area contributed by atoms with Crippen molar-refractivity contribution in [2.45, 2.75) is 13.5 Å². The van der Waals surface area contributed by atoms with Gasteiger partial charge in [0.25, 0.3) is 0 Å². The molecule has 1 aromatic heterocycles. The molecular formula is C17H15FN2. The van der Waals surface area contributed by atoms with E-state index < -0.39 is 0 Å². The van der Waals surface area contributed by atoms with Crippen molar-refractivity contribution < 1.29 is 4.39 Å². The van der Waals surface area contributed by atoms with E-state index in [0.29, 0.717) is 12.1 Å². The van der Waals surface area contributed by atoms with Gasteiger partial charge in [-0.05, 0) is 25.1 Å². The minimum absolute atomic E-state index is 0.176. The van der Waals surface area contributed by atoms with E-state index in [0.717, 1.165) is 22.0 Å². The Morgan fingerprint density at radius 1 is 1.15 bits per heavy atom. The van der Waals surface area contributed by atoms with Crippen LogP contribution >= 0.6 is 0 Å². The van der Waals surface area contributed by atoms with Crippen molar-refractivity contribution in [3.63, 3.8) is 0 Å². The van der Waals surface area contributed by atoms with Crippen molar-refractivity contribution >= 4 is 16.5 Å². The lowest BCUT2D eigenvalue weighted by atomic mass is 10.1. The average Bonchev–Trinajstić information content (AvgIpc) is 2.48. The van der Waals surface area contributed by atoms with Crippen LogP contribution in [-0.2, 0) is 6.54 Å². The van der Waals surface area contributed by atoms with E-state index in [4.69, 9.17) is 0 Å². The van der Waals surface area contributed by atoms with Crippen molar-refractivity contribution in [2.75, 3.05) is 5.32 Å². The standard InChI is InChI=1S/C17H15FN2/c1-12-5-6-16(18)14(9-12)11-20-17-4-2-3-13-10-19-8-7-15(13)17/h2-10,20H,11H2,1H3. The molecule has 0 saturated heterocycles. The highest BCUT2D eigenvalue weighted by molar-refractivity contribution is 5.93. The first-order chi connectivity index (χ1) is 9.74. The number of fused-ring (bicyclic) bond motifs is 1. The topological polar surface area (TPSA) is 24.9 Å². The lowest BCUT2D eigenvalue weighted by Gasteiger charge is -2.10. The summed E-state index contributed by atoms with van der Waals surface area (Å²) in [5.74, 6) is -0.176. The van der Waals surface area contributed by atoms with Crippen LogP contribution in [0.5, 0.6) is 0 Å². The summed E-state index contributed by atoms with van der Waals surface area (Å²) in [5, 5.41) is 5.47. The van der Waals surface area contributed by atoms with E-state index in [-0.39, 0.29) is 5.82 Å². The maximum atomic E-state index is 13.7. The van der Waals surface area contributed by atoms with Crippen LogP contribution < -0.4 is 5.32 Å². The highest BCUT2D eigenvalue weighted by Gasteiger charge is 2.04. The minimum Gasteiger partial charge on any atom is -0.380 e. The quantitative estimate of drug-likeness (QED) is 0.764. The van der Waals surface area contributed by atoms with Gasteiger partial charge < -0.3 is 5.32 Å². The second-order valence-electron chi connectivity index (χ2n) is 4.85. The molecule has 0 aliphatic rings. The van der Waals surface area contributed by atoms with Gasteiger partial charge in [-0.15, -0.1) is 0 Å². The van der Waals surface area contributed by atoms with Crippen LogP contribution in [0.3, 0.4) is 0 Å². The molecule has 0 aliphatic carbocycles. The molecule has 0 amide bonds. The van der Waals surface area contributed by atoms with Crippen molar-refractivity contribution in [3.05, 3.63) is 71.8 Å². The summed E-state index contributed by atoms with van der Waals surface area (Å²) in [6.07, 6.45) is 3.59. The van der Waals surface area contributed by atoms with Crippen LogP contribution in [0.25, 0.3) is 10.8 Å². The highest BCUT2D eigenvalue weighted by Crippen LogP contribution is 2.23. The van der Waals surface area contributed by atoms with Gasteiger partial charge in [0, 0.05) is 41.0 Å². The fraction of sp³-hybridized carbons (Fsp3) is 0.118. The van der Waals surface area contributed by atoms with Crippen LogP contribution in [0.15, 0.2) is 54.9 Å². The fourth-order valence-electron chi connectivity index (χ4n) is 2.31. The lowest BCUT2D eigenvalue weighted by molar-refractivity contribution is 0.612. The molecule has 0 radical (unpaired) electrons. The Balaban J connectivity index is 1.89. The monoisotopic (exact) mass is 266 g/mol. The van der Waals surface area contributed by atoms with Gasteiger partial charge in [0.2, 0.25) is 0 Å². The van der Waals surface area contributed by atoms with E-state index in [1.165, 1.54) is 6.07 Å². The number of anilines is 1. The summed E-state index contributed by atoms with van der Waals surface area (Å²) >= 11 is 0. The molecule has 3 heteroatoms. The summed E-state index contributed by atoms with van der Waals surface area (Å²) in [6, 6.07) is 13.1. The Bertz CT molecular complexity index is 748. The molecule has 3 aromatic rings. The molecule has 0 saturated carbocycles. The van der Waals surface area contributed by atoms with Gasteiger partial charge in [-0.2, -0.15) is 0 Å². The molecule has 20 heavy (non-hydrogen) atoms. The molecule has 2 aromatic carbocycles. The Kier molecular flexibility index (Phi) is 3.33. The number of halogens is 1. The van der Waals surface area contributed by atoms with Gasteiger partial charge >= 0.3 is 0 Å². The maximum absolute atomic E-state index is 13.7. The summed E-state index contributed by atoms with van der Waals surface area (Å²) in [7, 11) is 0. The number of aryl methyl sites for hydroxylation is 1. The van der Waals surface area contributed by atoms with Crippen LogP contribution in [0.1, 0.15) is 11.1 Å². The highest BCUT2D eigenvalue weighted by atomic mass is 19.1. The van der Waals surface area contributed by atoms with Crippen molar-refractivity contribution in [3.8, 4) is 0 Å². The Morgan fingerprint density at radius 3 is 2.95 bits per heavy atom. The zero-order valence-electron chi connectivity index (χ0n) is 11.2. The summed E-state index contributed by atoms with van der Waals surface area (Å²) in [5.41, 5.74) is 2.73. The molecule has 0 unspecified atom stereocenters. The van der Waals surface area contributed by atoms with Crippen molar-refractivity contribution in [1.82, 2.24) is 4.98 Å². The number of rotatable bonds is 3. The lowest BCUT2D eigenvalue weighted by Crippen LogP contribution is -2.02. The maximum Gasteiger partial charge on any atom is 0.128 e. The predicted molar refractivity (Wildman–Crippen MR) is 80.2 cm³/mol. The van der Waals surface area contributed by atoms with Crippen molar-refractivity contribution in [1.29, 1.82) is 0 Å². The van der Waals surface area contributed by atoms with Crippen LogP contribution in [0, 0.1) is 12.7 Å². The van der Waals surface area contributed by atoms with Gasteiger partial charge in [0.1, 0.15) is 5.82 Å². The molecular weight excluding hydrogens is 251 g/mol. The van der Waals surface area contributed by atoms with Gasteiger partial charge in [-0.1, -0.05) is 29.8 Å². The van der Waals surface area contributed by atoms with Crippen LogP contribution in [0.4, 0.5) is 10.1 Å². The molecule has 0 spiro atoms. The molecule has 0 fully saturated rings. The Hall–Kier alpha value is -2.42. The van der Waals surface area contributed by atoms with Gasteiger partial charge in [-0.3, -0.25) is 4.98 Å². The second-order valence-corrected chi connectivity index (χ2v) is 4.85. The van der Waals surface area contributed by atoms with Gasteiger partial charge in [0.15, 0.2) is 0 Å². The zero-order valence-corrected chi connectivity index (χ0v) is 11.2. The van der Waals surface area contributed by atoms with E-state index in [1.54, 1.807) is 12.3 Å². The number of nitrogens with one attached hydrogen (secondary N) is 1. The smallest absolute Gasteiger partial charge is 0.128 e. The summed E-state index contributed by atoms with van der Waals surface area (Å²) in [6.45, 7) is 2.43. The Morgan fingerprint density at radius 2 is 2.05 bits per heavy atom. The Labute approximate surface area is 117 Å². The molecule has 1 heterocycles. The predicted octanol–water partition coefficient (Wildman–Crippen LogP) is 4.29. The zero-order chi connectivity index (χ0) is 13.9. The first-order valence-corrected chi connectivity index (χ1v) is 6.56. The summed E-state index contributed by atoms with van der Waals surface area (Å²) < 4.78 is 13.7. The number of nitrogens with zero attached hydrogens (tertiary/aromatic N) is 1. The van der Waals surface area contributed by atoms with Crippen LogP contribution in [-0.4, -0.2) is 4.98 Å². The fourth-order valence-corrected chi connectivity index (χ4v) is 2.31. The molecule has 0 atom stereocenters. The first kappa shape index (κ1) is 12.6. The number of hydrogen-bond donors (Lipinski definition) is 1. The van der Waals surface area contributed by atoms with E-state index >= 15 is 0 Å². The number of hydrogen-bond acceptors (Lipinski definition) is 2. The van der Waals surface area contributed by atoms with Crippen LogP contribution in [0.2, 0.25) is 0 Å². The first-order valence-electron chi connectivity index (χ1n) is 6.56. The molecule has 0 bridgehead atoms. The summed E-state index contributed by atoms with van der Waals surface area (Å²) in [4.78, 5) is 4.11. The molecule has 2 nitrogen and oxygen atoms in total. The molecule has 3 rings (SSSR count). The molecule has 1 N–H and O–H groups in total. The number of aromatic nitrogens is 1. The van der Waals surface area contributed by atoms with Gasteiger partial charge in [0.05, 0.1) is 0 Å². The molecule has 100 valence electrons. The van der Waals surface area contributed by atoms with Crippen molar-refractivity contribution in [2.24, 2.45) is 0 Å².